The van der Waals surface area contributed by atoms with Crippen molar-refractivity contribution in [1.82, 2.24) is 14.4 Å². The fourth-order valence-electron chi connectivity index (χ4n) is 3.67. The van der Waals surface area contributed by atoms with Crippen LogP contribution in [-0.4, -0.2) is 48.5 Å². The number of amides is 1. The van der Waals surface area contributed by atoms with Crippen LogP contribution in [0.5, 0.6) is 5.75 Å². The third-order valence-electron chi connectivity index (χ3n) is 5.24. The van der Waals surface area contributed by atoms with Gasteiger partial charge in [-0.25, -0.2) is 8.42 Å². The molecule has 0 bridgehead atoms. The minimum atomic E-state index is -3.61. The summed E-state index contributed by atoms with van der Waals surface area (Å²) in [4.78, 5) is 18.5. The van der Waals surface area contributed by atoms with Crippen LogP contribution in [0.4, 0.5) is 5.69 Å². The van der Waals surface area contributed by atoms with Crippen molar-refractivity contribution in [2.45, 2.75) is 51.0 Å². The minimum Gasteiger partial charge on any atom is -0.482 e. The number of fused-ring (bicyclic) bond motifs is 1. The molecule has 1 fully saturated rings. The van der Waals surface area contributed by atoms with Gasteiger partial charge >= 0.3 is 0 Å². The molecule has 0 atom stereocenters. The lowest BCUT2D eigenvalue weighted by Crippen LogP contribution is -2.39. The molecule has 4 rings (SSSR count). The van der Waals surface area contributed by atoms with E-state index in [9.17, 15) is 13.2 Å². The zero-order valence-corrected chi connectivity index (χ0v) is 17.4. The van der Waals surface area contributed by atoms with Gasteiger partial charge in [0, 0.05) is 25.6 Å². The fraction of sp³-hybridized carbons (Fsp3) is 0.526. The summed E-state index contributed by atoms with van der Waals surface area (Å²) in [5.74, 6) is 1.02. The van der Waals surface area contributed by atoms with Crippen LogP contribution in [0.15, 0.2) is 21.6 Å². The molecular formula is C19H24N4O5S. The molecule has 10 heteroatoms. The third-order valence-corrected chi connectivity index (χ3v) is 7.29. The number of benzene rings is 1. The third kappa shape index (κ3) is 3.74. The number of hydrogen-bond donors (Lipinski definition) is 0. The van der Waals surface area contributed by atoms with Crippen LogP contribution in [0.2, 0.25) is 0 Å². The Labute approximate surface area is 169 Å². The first-order valence-corrected chi connectivity index (χ1v) is 11.2. The smallest absolute Gasteiger partial charge is 0.265 e. The second-order valence-electron chi connectivity index (χ2n) is 7.28. The first-order valence-electron chi connectivity index (χ1n) is 9.79. The maximum Gasteiger partial charge on any atom is 0.265 e. The van der Waals surface area contributed by atoms with Gasteiger partial charge in [-0.1, -0.05) is 18.5 Å². The predicted molar refractivity (Wildman–Crippen MR) is 104 cm³/mol. The summed E-state index contributed by atoms with van der Waals surface area (Å²) in [7, 11) is -3.61. The second-order valence-corrected chi connectivity index (χ2v) is 9.18. The number of nitrogens with zero attached hydrogens (tertiary/aromatic N) is 4. The molecule has 1 aromatic heterocycles. The molecule has 0 radical (unpaired) electrons. The van der Waals surface area contributed by atoms with E-state index in [-0.39, 0.29) is 24.0 Å². The van der Waals surface area contributed by atoms with Crippen LogP contribution in [0.25, 0.3) is 0 Å². The van der Waals surface area contributed by atoms with Crippen molar-refractivity contribution >= 4 is 21.6 Å². The van der Waals surface area contributed by atoms with E-state index in [1.807, 2.05) is 6.92 Å². The Hall–Kier alpha value is -2.46. The summed E-state index contributed by atoms with van der Waals surface area (Å²) in [6.45, 7) is 4.66. The molecule has 2 aliphatic heterocycles. The Morgan fingerprint density at radius 2 is 1.93 bits per heavy atom. The van der Waals surface area contributed by atoms with Gasteiger partial charge in [0.05, 0.1) is 17.1 Å². The summed E-state index contributed by atoms with van der Waals surface area (Å²) >= 11 is 0. The largest absolute Gasteiger partial charge is 0.482 e. The van der Waals surface area contributed by atoms with Crippen molar-refractivity contribution in [1.29, 1.82) is 0 Å². The second kappa shape index (κ2) is 7.75. The Morgan fingerprint density at radius 3 is 2.62 bits per heavy atom. The Morgan fingerprint density at radius 1 is 1.17 bits per heavy atom. The van der Waals surface area contributed by atoms with Gasteiger partial charge in [-0.2, -0.15) is 9.29 Å². The minimum absolute atomic E-state index is 0.135. The number of anilines is 1. The molecule has 0 unspecified atom stereocenters. The molecule has 29 heavy (non-hydrogen) atoms. The highest BCUT2D eigenvalue weighted by atomic mass is 32.2. The molecule has 2 aliphatic rings. The van der Waals surface area contributed by atoms with Gasteiger partial charge in [-0.15, -0.1) is 0 Å². The lowest BCUT2D eigenvalue weighted by Gasteiger charge is -2.31. The molecule has 1 aromatic carbocycles. The summed E-state index contributed by atoms with van der Waals surface area (Å²) < 4.78 is 38.5. The SMILES string of the molecule is CCc1nc(CN2C(=O)COc3cc(S(=O)(=O)N4CCCCC4)c(C)cc32)no1. The Balaban J connectivity index is 1.68. The summed E-state index contributed by atoms with van der Waals surface area (Å²) in [6.07, 6.45) is 3.39. The number of sulfonamides is 1. The molecular weight excluding hydrogens is 396 g/mol. The number of carbonyl (C=O) groups is 1. The van der Waals surface area contributed by atoms with E-state index in [0.717, 1.165) is 19.3 Å². The molecule has 0 N–H and O–H groups in total. The van der Waals surface area contributed by atoms with Gasteiger partial charge in [0.2, 0.25) is 15.9 Å². The Bertz CT molecular complexity index is 1030. The van der Waals surface area contributed by atoms with Gasteiger partial charge in [-0.05, 0) is 31.4 Å². The number of hydrogen-bond acceptors (Lipinski definition) is 7. The highest BCUT2D eigenvalue weighted by molar-refractivity contribution is 7.89. The van der Waals surface area contributed by atoms with E-state index < -0.39 is 10.0 Å². The van der Waals surface area contributed by atoms with E-state index in [1.165, 1.54) is 15.3 Å². The predicted octanol–water partition coefficient (Wildman–Crippen LogP) is 2.04. The average Bonchev–Trinajstić information content (AvgIpc) is 3.18. The van der Waals surface area contributed by atoms with Crippen molar-refractivity contribution in [2.75, 3.05) is 24.6 Å². The molecule has 1 saturated heterocycles. The number of ether oxygens (including phenoxy) is 1. The van der Waals surface area contributed by atoms with E-state index in [4.69, 9.17) is 9.26 Å². The molecule has 0 aliphatic carbocycles. The van der Waals surface area contributed by atoms with Gasteiger partial charge < -0.3 is 9.26 Å². The normalized spacial score (nSPS) is 17.9. The van der Waals surface area contributed by atoms with Crippen molar-refractivity contribution in [3.63, 3.8) is 0 Å². The van der Waals surface area contributed by atoms with Crippen LogP contribution in [-0.2, 0) is 27.8 Å². The van der Waals surface area contributed by atoms with E-state index in [0.29, 0.717) is 48.2 Å². The van der Waals surface area contributed by atoms with Crippen molar-refractivity contribution in [3.05, 3.63) is 29.4 Å². The summed E-state index contributed by atoms with van der Waals surface area (Å²) in [6, 6.07) is 3.21. The van der Waals surface area contributed by atoms with E-state index in [2.05, 4.69) is 10.1 Å². The van der Waals surface area contributed by atoms with Gasteiger partial charge in [0.25, 0.3) is 5.91 Å². The zero-order chi connectivity index (χ0) is 20.6. The molecule has 0 saturated carbocycles. The lowest BCUT2D eigenvalue weighted by molar-refractivity contribution is -0.121. The maximum atomic E-state index is 13.1. The molecule has 9 nitrogen and oxygen atoms in total. The van der Waals surface area contributed by atoms with Crippen molar-refractivity contribution in [3.8, 4) is 5.75 Å². The summed E-state index contributed by atoms with van der Waals surface area (Å²) in [5.41, 5.74) is 1.08. The Kier molecular flexibility index (Phi) is 5.30. The molecule has 1 amide bonds. The number of aromatic nitrogens is 2. The van der Waals surface area contributed by atoms with Gasteiger partial charge in [0.15, 0.2) is 12.4 Å². The molecule has 3 heterocycles. The van der Waals surface area contributed by atoms with Gasteiger partial charge in [-0.3, -0.25) is 9.69 Å². The van der Waals surface area contributed by atoms with Crippen LogP contribution >= 0.6 is 0 Å². The number of carbonyl (C=O) groups excluding carboxylic acids is 1. The molecule has 0 spiro atoms. The van der Waals surface area contributed by atoms with Crippen LogP contribution < -0.4 is 9.64 Å². The van der Waals surface area contributed by atoms with Crippen molar-refractivity contribution < 1.29 is 22.5 Å². The number of rotatable bonds is 5. The lowest BCUT2D eigenvalue weighted by atomic mass is 10.1. The highest BCUT2D eigenvalue weighted by Crippen LogP contribution is 2.38. The standard InChI is InChI=1S/C19H24N4O5S/c1-3-18-20-17(21-28-18)11-23-14-9-13(2)16(10-15(14)27-12-19(23)24)29(25,26)22-7-5-4-6-8-22/h9-10H,3-8,11-12H2,1-2H3. The van der Waals surface area contributed by atoms with E-state index in [1.54, 1.807) is 13.0 Å². The summed E-state index contributed by atoms with van der Waals surface area (Å²) in [5, 5.41) is 3.91. The monoisotopic (exact) mass is 420 g/mol. The van der Waals surface area contributed by atoms with Crippen molar-refractivity contribution in [2.24, 2.45) is 0 Å². The first kappa shape index (κ1) is 19.8. The number of aryl methyl sites for hydroxylation is 2. The quantitative estimate of drug-likeness (QED) is 0.729. The average molecular weight is 420 g/mol. The molecule has 2 aromatic rings. The molecule has 156 valence electrons. The van der Waals surface area contributed by atoms with Crippen LogP contribution in [0, 0.1) is 6.92 Å². The topological polar surface area (TPSA) is 106 Å². The number of piperidine rings is 1. The maximum absolute atomic E-state index is 13.1. The fourth-order valence-corrected chi connectivity index (χ4v) is 5.41. The first-order chi connectivity index (χ1) is 13.9. The highest BCUT2D eigenvalue weighted by Gasteiger charge is 2.32. The van der Waals surface area contributed by atoms with Crippen LogP contribution in [0.1, 0.15) is 43.5 Å². The van der Waals surface area contributed by atoms with Gasteiger partial charge in [0.1, 0.15) is 5.75 Å². The van der Waals surface area contributed by atoms with E-state index >= 15 is 0 Å². The van der Waals surface area contributed by atoms with Crippen LogP contribution in [0.3, 0.4) is 0 Å². The zero-order valence-electron chi connectivity index (χ0n) is 16.5.